The van der Waals surface area contributed by atoms with Crippen molar-refractivity contribution in [2.24, 2.45) is 0 Å². The molecule has 0 atom stereocenters. The minimum Gasteiger partial charge on any atom is -0.168 e. The molecule has 0 rings (SSSR count). The zero-order valence-corrected chi connectivity index (χ0v) is 4.45. The van der Waals surface area contributed by atoms with E-state index in [1.807, 2.05) is 0 Å². The fourth-order valence-electron chi connectivity index (χ4n) is 0. The second kappa shape index (κ2) is 3.83. The molecule has 0 aromatic rings. The summed E-state index contributed by atoms with van der Waals surface area (Å²) in [5.41, 5.74) is 0. The third-order valence-electron chi connectivity index (χ3n) is 0.167. The molecule has 0 radical (unpaired) electrons. The van der Waals surface area contributed by atoms with Crippen LogP contribution >= 0.6 is 21.3 Å². The van der Waals surface area contributed by atoms with E-state index in [4.69, 9.17) is 0 Å². The quantitative estimate of drug-likeness (QED) is 0.313. The van der Waals surface area contributed by atoms with E-state index >= 15 is 0 Å². The fourth-order valence-corrected chi connectivity index (χ4v) is 0. The van der Waals surface area contributed by atoms with Gasteiger partial charge in [-0.2, -0.15) is 21.3 Å². The first kappa shape index (κ1) is 4.83. The second-order valence-corrected chi connectivity index (χ2v) is 3.00. The van der Waals surface area contributed by atoms with Gasteiger partial charge in [0, 0.05) is 0 Å². The predicted octanol–water partition coefficient (Wildman–Crippen LogP) is -0.536. The van der Waals surface area contributed by atoms with Crippen molar-refractivity contribution in [3.05, 3.63) is 0 Å². The molecule has 4 heavy (non-hydrogen) atoms. The van der Waals surface area contributed by atoms with Gasteiger partial charge in [0.25, 0.3) is 0 Å². The molecule has 0 fully saturated rings. The van der Waals surface area contributed by atoms with E-state index in [0.717, 1.165) is 0 Å². The molecule has 0 bridgehead atoms. The molecule has 0 saturated heterocycles. The highest BCUT2D eigenvalue weighted by atomic mass is 33.1. The topological polar surface area (TPSA) is 0 Å². The van der Waals surface area contributed by atoms with Gasteiger partial charge < -0.3 is 0 Å². The Labute approximate surface area is 36.1 Å². The van der Waals surface area contributed by atoms with Gasteiger partial charge in [-0.1, -0.05) is 0 Å². The maximum absolute atomic E-state index is 2.06. The average molecular weight is 89.8 g/mol. The van der Waals surface area contributed by atoms with Crippen molar-refractivity contribution in [3.63, 3.8) is 0 Å². The Hall–Kier alpha value is 0.830. The molecule has 0 amide bonds. The summed E-state index contributed by atoms with van der Waals surface area (Å²) in [6.45, 7) is 0. The smallest absolute Gasteiger partial charge is 0.168 e. The van der Waals surface area contributed by atoms with Gasteiger partial charge in [-0.15, -0.1) is 0 Å². The van der Waals surface area contributed by atoms with Crippen molar-refractivity contribution in [2.45, 2.75) is 0 Å². The molecule has 0 aliphatic carbocycles. The third kappa shape index (κ3) is 2.83. The summed E-state index contributed by atoms with van der Waals surface area (Å²) in [5, 5.41) is 0. The van der Waals surface area contributed by atoms with Crippen molar-refractivity contribution in [3.8, 4) is 0 Å². The highest BCUT2D eigenvalue weighted by Gasteiger charge is 1.56. The predicted molar refractivity (Wildman–Crippen MR) is 32.3 cm³/mol. The van der Waals surface area contributed by atoms with Gasteiger partial charge in [0.05, 0.1) is 0 Å². The number of hydrogen-bond acceptors (Lipinski definition) is 2. The maximum atomic E-state index is 2.06. The zero-order chi connectivity index (χ0) is 3.41. The van der Waals surface area contributed by atoms with Crippen molar-refractivity contribution in [2.75, 3.05) is 0 Å². The van der Waals surface area contributed by atoms with Crippen LogP contribution < -0.4 is 0 Å². The summed E-state index contributed by atoms with van der Waals surface area (Å²) in [6, 6.07) is 0. The monoisotopic (exact) mass is 90.0 g/mol. The van der Waals surface area contributed by atoms with Crippen LogP contribution in [0.5, 0.6) is 0 Å². The van der Waals surface area contributed by atoms with Crippen molar-refractivity contribution >= 4 is 35.5 Å². The Bertz CT molecular complexity index is 6.00. The lowest BCUT2D eigenvalue weighted by Gasteiger charge is -1.70. The van der Waals surface area contributed by atoms with E-state index in [1.54, 1.807) is 21.3 Å². The fraction of sp³-hybridized carbons (Fsp3) is 0. The molecule has 0 aliphatic heterocycles. The minimum absolute atomic E-state index is 1.77. The molecule has 0 aromatic carbocycles. The lowest BCUT2D eigenvalue weighted by molar-refractivity contribution is 5.09. The molecule has 0 aromatic heterocycles. The molecule has 0 N–H and O–H groups in total. The summed E-state index contributed by atoms with van der Waals surface area (Å²) in [7, 11) is 7.67. The van der Waals surface area contributed by atoms with E-state index in [0.29, 0.717) is 0 Å². The van der Waals surface area contributed by atoms with E-state index in [2.05, 4.69) is 14.2 Å². The first-order valence-corrected chi connectivity index (χ1v) is 3.95. The Kier molecular flexibility index (Phi) is 4.62. The van der Waals surface area contributed by atoms with E-state index in [9.17, 15) is 0 Å². The highest BCUT2D eigenvalue weighted by molar-refractivity contribution is 8.91. The molecule has 0 saturated carbocycles. The van der Waals surface area contributed by atoms with Crippen LogP contribution in [0, 0.1) is 0 Å². The van der Waals surface area contributed by atoms with Gasteiger partial charge in [-0.05, 0) is 0 Å². The molecule has 22 valence electrons. The lowest BCUT2D eigenvalue weighted by Crippen LogP contribution is -1.37. The van der Waals surface area contributed by atoms with Crippen molar-refractivity contribution < 1.29 is 0 Å². The van der Waals surface area contributed by atoms with Gasteiger partial charge in [0.15, 0.2) is 14.2 Å². The highest BCUT2D eigenvalue weighted by Crippen LogP contribution is 2.06. The van der Waals surface area contributed by atoms with Gasteiger partial charge >= 0.3 is 0 Å². The maximum Gasteiger partial charge on any atom is 0.186 e. The molecule has 0 aliphatic rings. The van der Waals surface area contributed by atoms with Crippen LogP contribution in [0.4, 0.5) is 0 Å². The number of rotatable bonds is 1. The van der Waals surface area contributed by atoms with Gasteiger partial charge in [0.2, 0.25) is 0 Å². The molecule has 4 heteroatoms. The van der Waals surface area contributed by atoms with Crippen LogP contribution in [-0.2, 0) is 0 Å². The van der Waals surface area contributed by atoms with E-state index in [1.165, 1.54) is 0 Å². The van der Waals surface area contributed by atoms with Crippen molar-refractivity contribution in [1.82, 2.24) is 0 Å². The molecule has 0 heterocycles. The van der Waals surface area contributed by atoms with Crippen LogP contribution in [0.2, 0.25) is 0 Å². The first-order valence-electron chi connectivity index (χ1n) is 0.983. The van der Waals surface area contributed by atoms with Crippen LogP contribution in [0.25, 0.3) is 0 Å². The standard InChI is InChI=1S/B2H4S2/c1-3-4-2/h1-2H2. The summed E-state index contributed by atoms with van der Waals surface area (Å²) in [6.07, 6.45) is 0. The Morgan fingerprint density at radius 2 is 1.25 bits per heavy atom. The van der Waals surface area contributed by atoms with Gasteiger partial charge in [-0.3, -0.25) is 0 Å². The summed E-state index contributed by atoms with van der Waals surface area (Å²) >= 11 is 0. The van der Waals surface area contributed by atoms with Crippen molar-refractivity contribution in [1.29, 1.82) is 0 Å². The summed E-state index contributed by atoms with van der Waals surface area (Å²) in [4.78, 5) is 0. The summed E-state index contributed by atoms with van der Waals surface area (Å²) in [5.74, 6) is 0. The van der Waals surface area contributed by atoms with Gasteiger partial charge in [0.1, 0.15) is 0 Å². The molecule has 0 unspecified atom stereocenters. The zero-order valence-electron chi connectivity index (χ0n) is 2.82. The van der Waals surface area contributed by atoms with E-state index < -0.39 is 0 Å². The molecule has 0 nitrogen and oxygen atoms in total. The van der Waals surface area contributed by atoms with Crippen LogP contribution in [0.15, 0.2) is 0 Å². The lowest BCUT2D eigenvalue weighted by atomic mass is 10.8. The van der Waals surface area contributed by atoms with Crippen LogP contribution in [0.1, 0.15) is 0 Å². The SMILES string of the molecule is BSSB. The molecular weight excluding hydrogens is 85.8 g/mol. The minimum atomic E-state index is 1.77. The first-order chi connectivity index (χ1) is 1.91. The molecule has 0 spiro atoms. The number of hydrogen-bond donors (Lipinski definition) is 0. The largest absolute Gasteiger partial charge is 0.186 e. The van der Waals surface area contributed by atoms with Crippen LogP contribution in [-0.4, -0.2) is 14.2 Å². The normalized spacial score (nSPS) is 7.00. The third-order valence-corrected chi connectivity index (χ3v) is 1.50. The summed E-state index contributed by atoms with van der Waals surface area (Å²) < 4.78 is 0. The average Bonchev–Trinajstić information content (AvgIpc) is 1.37. The Morgan fingerprint density at radius 1 is 1.00 bits per heavy atom. The van der Waals surface area contributed by atoms with E-state index in [-0.39, 0.29) is 0 Å². The van der Waals surface area contributed by atoms with Gasteiger partial charge in [-0.25, -0.2) is 0 Å². The second-order valence-electron chi connectivity index (χ2n) is 0.333. The molecular formula is H4B2S2. The van der Waals surface area contributed by atoms with Crippen LogP contribution in [0.3, 0.4) is 0 Å². The Morgan fingerprint density at radius 3 is 1.25 bits per heavy atom. The Balaban J connectivity index is 1.97.